The summed E-state index contributed by atoms with van der Waals surface area (Å²) in [5, 5.41) is 0. The van der Waals surface area contributed by atoms with Gasteiger partial charge in [-0.05, 0) is 29.4 Å². The summed E-state index contributed by atoms with van der Waals surface area (Å²) in [6, 6.07) is 16.9. The Kier molecular flexibility index (Phi) is 6.46. The number of imide groups is 1. The van der Waals surface area contributed by atoms with Gasteiger partial charge in [0.15, 0.2) is 12.4 Å². The van der Waals surface area contributed by atoms with Crippen LogP contribution in [0.1, 0.15) is 23.2 Å². The molecule has 1 heterocycles. The molecule has 6 atom stereocenters. The topological polar surface area (TPSA) is 80.8 Å². The Bertz CT molecular complexity index is 1100. The van der Waals surface area contributed by atoms with Gasteiger partial charge in [-0.25, -0.2) is 0 Å². The monoisotopic (exact) mass is 587 g/mol. The van der Waals surface area contributed by atoms with E-state index in [9.17, 15) is 19.2 Å². The molecule has 0 spiro atoms. The van der Waals surface area contributed by atoms with Gasteiger partial charge in [0.2, 0.25) is 11.8 Å². The largest absolute Gasteiger partial charge is 0.457 e. The number of hydrogen-bond acceptors (Lipinski definition) is 5. The Labute approximate surface area is 214 Å². The summed E-state index contributed by atoms with van der Waals surface area (Å²) in [4.78, 5) is 52.0. The predicted molar refractivity (Wildman–Crippen MR) is 133 cm³/mol. The lowest BCUT2D eigenvalue weighted by atomic mass is 9.81. The molecule has 176 valence electrons. The highest BCUT2D eigenvalue weighted by Gasteiger charge is 2.66. The number of fused-ring (bicyclic) bond motifs is 5. The lowest BCUT2D eigenvalue weighted by Crippen LogP contribution is -2.37. The van der Waals surface area contributed by atoms with Crippen molar-refractivity contribution in [2.45, 2.75) is 22.5 Å². The zero-order chi connectivity index (χ0) is 24.0. The maximum atomic E-state index is 12.9. The molecule has 8 heteroatoms. The van der Waals surface area contributed by atoms with E-state index in [0.717, 1.165) is 17.5 Å². The normalized spacial score (nSPS) is 29.4. The van der Waals surface area contributed by atoms with Gasteiger partial charge in [-0.15, -0.1) is 0 Å². The van der Waals surface area contributed by atoms with Crippen LogP contribution in [0.15, 0.2) is 54.6 Å². The number of nitrogens with zero attached hydrogens (tertiary/aromatic N) is 1. The van der Waals surface area contributed by atoms with Crippen LogP contribution in [0.5, 0.6) is 0 Å². The number of rotatable bonds is 7. The smallest absolute Gasteiger partial charge is 0.308 e. The molecule has 2 aromatic rings. The Morgan fingerprint density at radius 1 is 0.853 bits per heavy atom. The number of Topliss-reactive ketones (excluding diaryl/α,β-unsaturated/α-hetero) is 1. The van der Waals surface area contributed by atoms with E-state index in [1.165, 1.54) is 4.90 Å². The Balaban J connectivity index is 1.12. The van der Waals surface area contributed by atoms with E-state index in [4.69, 9.17) is 4.74 Å². The number of alkyl halides is 2. The van der Waals surface area contributed by atoms with E-state index >= 15 is 0 Å². The van der Waals surface area contributed by atoms with Crippen molar-refractivity contribution >= 4 is 55.4 Å². The van der Waals surface area contributed by atoms with Crippen molar-refractivity contribution in [2.75, 3.05) is 13.2 Å². The number of carbonyl (C=O) groups is 4. The Morgan fingerprint density at radius 2 is 1.41 bits per heavy atom. The molecule has 6 nitrogen and oxygen atoms in total. The van der Waals surface area contributed by atoms with Gasteiger partial charge in [-0.3, -0.25) is 24.1 Å². The molecule has 5 rings (SSSR count). The minimum atomic E-state index is -0.605. The molecule has 34 heavy (non-hydrogen) atoms. The molecule has 2 aliphatic carbocycles. The van der Waals surface area contributed by atoms with Crippen LogP contribution in [0.4, 0.5) is 0 Å². The van der Waals surface area contributed by atoms with Crippen molar-refractivity contribution in [3.8, 4) is 11.1 Å². The number of esters is 1. The summed E-state index contributed by atoms with van der Waals surface area (Å²) < 4.78 is 5.13. The quantitative estimate of drug-likeness (QED) is 0.209. The fraction of sp³-hybridized carbons (Fsp3) is 0.385. The summed E-state index contributed by atoms with van der Waals surface area (Å²) >= 11 is 7.32. The summed E-state index contributed by atoms with van der Waals surface area (Å²) in [6.07, 6.45) is 0.741. The number of ether oxygens (including phenoxy) is 1. The molecule has 0 N–H and O–H groups in total. The van der Waals surface area contributed by atoms with Crippen LogP contribution in [0.3, 0.4) is 0 Å². The van der Waals surface area contributed by atoms with Crippen molar-refractivity contribution in [1.29, 1.82) is 0 Å². The molecule has 1 aliphatic heterocycles. The van der Waals surface area contributed by atoms with Gasteiger partial charge in [0, 0.05) is 21.8 Å². The Hall–Kier alpha value is -2.32. The number of halogens is 2. The van der Waals surface area contributed by atoms with Crippen LogP contribution >= 0.6 is 31.9 Å². The van der Waals surface area contributed by atoms with Crippen molar-refractivity contribution in [3.63, 3.8) is 0 Å². The van der Waals surface area contributed by atoms with Crippen LogP contribution in [0, 0.1) is 23.7 Å². The second-order valence-corrected chi connectivity index (χ2v) is 11.2. The first kappa shape index (κ1) is 23.4. The van der Waals surface area contributed by atoms with Crippen molar-refractivity contribution in [2.24, 2.45) is 23.7 Å². The zero-order valence-electron chi connectivity index (χ0n) is 18.2. The third-order valence-corrected chi connectivity index (χ3v) is 10.5. The highest BCUT2D eigenvalue weighted by Crippen LogP contribution is 2.60. The summed E-state index contributed by atoms with van der Waals surface area (Å²) in [6.45, 7) is -0.389. The standard InChI is InChI=1S/C26H23Br2NO5/c27-23-17-12-18(24(23)28)22-21(17)25(32)29(26(22)33)11-10-20(31)34-13-19(30)16-8-6-15(7-9-16)14-4-2-1-3-5-14/h1-9,17-18,21-24H,10-13H2/t17-,18-,21-,22-,23+,24+/m1/s1. The molecule has 0 aromatic heterocycles. The predicted octanol–water partition coefficient (Wildman–Crippen LogP) is 4.25. The van der Waals surface area contributed by atoms with Crippen LogP contribution in [0.2, 0.25) is 0 Å². The average molecular weight is 589 g/mol. The van der Waals surface area contributed by atoms with E-state index in [1.54, 1.807) is 12.1 Å². The van der Waals surface area contributed by atoms with E-state index in [0.29, 0.717) is 5.56 Å². The number of carbonyl (C=O) groups excluding carboxylic acids is 4. The third kappa shape index (κ3) is 4.05. The van der Waals surface area contributed by atoms with Crippen LogP contribution in [-0.4, -0.2) is 51.3 Å². The van der Waals surface area contributed by atoms with Crippen LogP contribution in [0.25, 0.3) is 11.1 Å². The van der Waals surface area contributed by atoms with Gasteiger partial charge >= 0.3 is 5.97 Å². The second kappa shape index (κ2) is 9.38. The highest BCUT2D eigenvalue weighted by atomic mass is 79.9. The molecule has 2 saturated carbocycles. The number of benzene rings is 2. The van der Waals surface area contributed by atoms with Crippen LogP contribution < -0.4 is 0 Å². The van der Waals surface area contributed by atoms with E-state index in [-0.39, 0.29) is 70.5 Å². The first-order chi connectivity index (χ1) is 16.4. The molecule has 0 radical (unpaired) electrons. The molecule has 1 saturated heterocycles. The highest BCUT2D eigenvalue weighted by molar-refractivity contribution is 9.12. The molecule has 3 fully saturated rings. The maximum absolute atomic E-state index is 12.9. The minimum absolute atomic E-state index is 0.0111. The van der Waals surface area contributed by atoms with E-state index in [2.05, 4.69) is 31.9 Å². The molecule has 0 unspecified atom stereocenters. The first-order valence-electron chi connectivity index (χ1n) is 11.3. The van der Waals surface area contributed by atoms with Gasteiger partial charge in [0.25, 0.3) is 0 Å². The minimum Gasteiger partial charge on any atom is -0.457 e. The lowest BCUT2D eigenvalue weighted by Gasteiger charge is -2.28. The SMILES string of the molecule is O=C(CCN1C(=O)[C@@H]2[C@H]3C[C@@H]([C@H](Br)[C@H]3Br)[C@H]2C1=O)OCC(=O)c1ccc(-c2ccccc2)cc1. The zero-order valence-corrected chi connectivity index (χ0v) is 21.4. The molecule has 2 aromatic carbocycles. The van der Waals surface area contributed by atoms with Gasteiger partial charge in [0.05, 0.1) is 18.3 Å². The Morgan fingerprint density at radius 3 is 2.00 bits per heavy atom. The fourth-order valence-corrected chi connectivity index (χ4v) is 7.49. The van der Waals surface area contributed by atoms with Gasteiger partial charge < -0.3 is 4.74 Å². The fourth-order valence-electron chi connectivity index (χ4n) is 5.61. The molecule has 2 amide bonds. The van der Waals surface area contributed by atoms with E-state index in [1.807, 2.05) is 42.5 Å². The average Bonchev–Trinajstić information content (AvgIpc) is 3.47. The lowest BCUT2D eigenvalue weighted by molar-refractivity contribution is -0.145. The van der Waals surface area contributed by atoms with Crippen molar-refractivity contribution in [3.05, 3.63) is 60.2 Å². The van der Waals surface area contributed by atoms with Crippen molar-refractivity contribution in [1.82, 2.24) is 4.90 Å². The molecular weight excluding hydrogens is 566 g/mol. The number of ketones is 1. The van der Waals surface area contributed by atoms with E-state index < -0.39 is 5.97 Å². The summed E-state index contributed by atoms with van der Waals surface area (Å²) in [5.74, 6) is -1.61. The van der Waals surface area contributed by atoms with Gasteiger partial charge in [-0.2, -0.15) is 0 Å². The first-order valence-corrected chi connectivity index (χ1v) is 13.2. The second-order valence-electron chi connectivity index (χ2n) is 9.11. The number of likely N-dealkylation sites (tertiary alicyclic amines) is 1. The van der Waals surface area contributed by atoms with Crippen molar-refractivity contribution < 1.29 is 23.9 Å². The van der Waals surface area contributed by atoms with Gasteiger partial charge in [0.1, 0.15) is 0 Å². The molecule has 2 bridgehead atoms. The number of amides is 2. The van der Waals surface area contributed by atoms with Crippen LogP contribution in [-0.2, 0) is 19.1 Å². The van der Waals surface area contributed by atoms with Gasteiger partial charge in [-0.1, -0.05) is 86.5 Å². The summed E-state index contributed by atoms with van der Waals surface area (Å²) in [7, 11) is 0. The number of hydrogen-bond donors (Lipinski definition) is 0. The maximum Gasteiger partial charge on any atom is 0.308 e. The molecular formula is C26H23Br2NO5. The molecule has 3 aliphatic rings. The summed E-state index contributed by atoms with van der Waals surface area (Å²) in [5.41, 5.74) is 2.49. The third-order valence-electron chi connectivity index (χ3n) is 7.30.